The molecule has 3 aliphatic rings. The molecule has 10 heteroatoms. The average Bonchev–Trinajstić information content (AvgIpc) is 3.39. The minimum absolute atomic E-state index is 0. The topological polar surface area (TPSA) is 37.2 Å². The van der Waals surface area contributed by atoms with Gasteiger partial charge in [-0.3, -0.25) is 4.90 Å². The number of hydrogen-bond acceptors (Lipinski definition) is 4. The van der Waals surface area contributed by atoms with Crippen molar-refractivity contribution in [1.82, 2.24) is 19.7 Å². The van der Waals surface area contributed by atoms with E-state index in [1.165, 1.54) is 37.2 Å². The van der Waals surface area contributed by atoms with Gasteiger partial charge in [-0.05, 0) is 37.0 Å². The van der Waals surface area contributed by atoms with E-state index in [0.29, 0.717) is 11.6 Å². The second-order valence-corrected chi connectivity index (χ2v) is 8.51. The van der Waals surface area contributed by atoms with Gasteiger partial charge in [0.25, 0.3) is 0 Å². The summed E-state index contributed by atoms with van der Waals surface area (Å²) in [6.07, 6.45) is 0.462. The fraction of sp³-hybridized carbons (Fsp3) is 0.619. The quantitative estimate of drug-likeness (QED) is 0.653. The van der Waals surface area contributed by atoms with Crippen molar-refractivity contribution in [2.75, 3.05) is 37.6 Å². The van der Waals surface area contributed by atoms with Crippen LogP contribution in [0.5, 0.6) is 0 Å². The third kappa shape index (κ3) is 4.81. The number of halogens is 5. The summed E-state index contributed by atoms with van der Waals surface area (Å²) in [4.78, 5) is 4.42. The molecule has 2 aromatic rings. The van der Waals surface area contributed by atoms with Crippen LogP contribution in [0.3, 0.4) is 0 Å². The van der Waals surface area contributed by atoms with Crippen molar-refractivity contribution in [2.24, 2.45) is 5.92 Å². The van der Waals surface area contributed by atoms with Gasteiger partial charge in [0, 0.05) is 57.3 Å². The molecular formula is C21H28Cl2F3N5. The Morgan fingerprint density at radius 3 is 2.52 bits per heavy atom. The number of hydrogen-bond donors (Lipinski definition) is 0. The Morgan fingerprint density at radius 2 is 1.77 bits per heavy atom. The Hall–Kier alpha value is -1.51. The smallest absolute Gasteiger partial charge is 0.369 e. The van der Waals surface area contributed by atoms with E-state index < -0.39 is 11.7 Å². The molecular weight excluding hydrogens is 450 g/mol. The number of aromatic nitrogens is 3. The van der Waals surface area contributed by atoms with Crippen LogP contribution >= 0.6 is 24.8 Å². The number of nitrogens with zero attached hydrogens (tertiary/aromatic N) is 5. The van der Waals surface area contributed by atoms with E-state index in [1.54, 1.807) is 6.07 Å². The number of benzene rings is 1. The Bertz CT molecular complexity index is 880. The molecule has 0 bridgehead atoms. The summed E-state index contributed by atoms with van der Waals surface area (Å²) in [5.74, 6) is 3.66. The zero-order chi connectivity index (χ0) is 20.0. The van der Waals surface area contributed by atoms with Gasteiger partial charge in [-0.25, -0.2) is 0 Å². The third-order valence-electron chi connectivity index (χ3n) is 6.83. The van der Waals surface area contributed by atoms with Crippen molar-refractivity contribution in [3.8, 4) is 0 Å². The molecule has 1 saturated carbocycles. The molecule has 5 nitrogen and oxygen atoms in total. The first-order chi connectivity index (χ1) is 14.0. The molecule has 1 saturated heterocycles. The van der Waals surface area contributed by atoms with Crippen LogP contribution in [0, 0.1) is 5.92 Å². The second-order valence-electron chi connectivity index (χ2n) is 8.51. The van der Waals surface area contributed by atoms with Gasteiger partial charge >= 0.3 is 6.18 Å². The predicted molar refractivity (Wildman–Crippen MR) is 118 cm³/mol. The zero-order valence-electron chi connectivity index (χ0n) is 17.2. The number of rotatable bonds is 4. The molecule has 2 aliphatic heterocycles. The van der Waals surface area contributed by atoms with Crippen molar-refractivity contribution in [2.45, 2.75) is 44.3 Å². The summed E-state index contributed by atoms with van der Waals surface area (Å²) < 4.78 is 41.2. The molecule has 0 amide bonds. The van der Waals surface area contributed by atoms with Crippen molar-refractivity contribution >= 4 is 30.5 Å². The van der Waals surface area contributed by atoms with Crippen LogP contribution in [0.4, 0.5) is 18.9 Å². The predicted octanol–water partition coefficient (Wildman–Crippen LogP) is 4.40. The molecule has 31 heavy (non-hydrogen) atoms. The molecule has 172 valence electrons. The Kier molecular flexibility index (Phi) is 7.43. The van der Waals surface area contributed by atoms with E-state index in [0.717, 1.165) is 63.5 Å². The van der Waals surface area contributed by atoms with Gasteiger partial charge in [-0.1, -0.05) is 12.5 Å². The molecule has 2 fully saturated rings. The summed E-state index contributed by atoms with van der Waals surface area (Å²) in [7, 11) is 0. The molecule has 2 unspecified atom stereocenters. The van der Waals surface area contributed by atoms with E-state index in [2.05, 4.69) is 19.7 Å². The molecule has 0 radical (unpaired) electrons. The lowest BCUT2D eigenvalue weighted by Gasteiger charge is -2.36. The summed E-state index contributed by atoms with van der Waals surface area (Å²) in [6, 6.07) is 5.64. The van der Waals surface area contributed by atoms with Gasteiger partial charge < -0.3 is 9.47 Å². The Morgan fingerprint density at radius 1 is 1.00 bits per heavy atom. The first-order valence-corrected chi connectivity index (χ1v) is 10.6. The minimum Gasteiger partial charge on any atom is -0.369 e. The van der Waals surface area contributed by atoms with E-state index in [1.807, 2.05) is 4.90 Å². The van der Waals surface area contributed by atoms with Gasteiger partial charge in [0.05, 0.1) is 5.56 Å². The van der Waals surface area contributed by atoms with Crippen molar-refractivity contribution in [1.29, 1.82) is 0 Å². The average molecular weight is 478 g/mol. The molecule has 5 rings (SSSR count). The fourth-order valence-corrected chi connectivity index (χ4v) is 5.20. The maximum atomic E-state index is 13.0. The van der Waals surface area contributed by atoms with E-state index in [4.69, 9.17) is 0 Å². The van der Waals surface area contributed by atoms with Crippen LogP contribution in [-0.4, -0.2) is 52.4 Å². The molecule has 1 aromatic heterocycles. The number of alkyl halides is 3. The molecule has 0 N–H and O–H groups in total. The monoisotopic (exact) mass is 477 g/mol. The van der Waals surface area contributed by atoms with Gasteiger partial charge in [-0.15, -0.1) is 35.0 Å². The van der Waals surface area contributed by atoms with E-state index in [-0.39, 0.29) is 24.8 Å². The largest absolute Gasteiger partial charge is 0.416 e. The van der Waals surface area contributed by atoms with Crippen molar-refractivity contribution < 1.29 is 13.2 Å². The van der Waals surface area contributed by atoms with Crippen LogP contribution in [0.2, 0.25) is 0 Å². The first-order valence-electron chi connectivity index (χ1n) is 10.6. The van der Waals surface area contributed by atoms with Gasteiger partial charge in [-0.2, -0.15) is 13.2 Å². The fourth-order valence-electron chi connectivity index (χ4n) is 5.20. The van der Waals surface area contributed by atoms with E-state index >= 15 is 0 Å². The molecule has 3 heterocycles. The Labute approximate surface area is 192 Å². The maximum absolute atomic E-state index is 13.0. The van der Waals surface area contributed by atoms with Crippen LogP contribution < -0.4 is 4.90 Å². The van der Waals surface area contributed by atoms with Crippen LogP contribution in [0.1, 0.15) is 42.4 Å². The minimum atomic E-state index is -4.30. The SMILES string of the molecule is Cl.Cl.FC(F)(F)c1cccc(N2CCN(CCc3nnc4n3CC3CCCC43)CC2)c1. The van der Waals surface area contributed by atoms with Gasteiger partial charge in [0.2, 0.25) is 0 Å². The van der Waals surface area contributed by atoms with Crippen LogP contribution in [0.25, 0.3) is 0 Å². The third-order valence-corrected chi connectivity index (χ3v) is 6.83. The molecule has 1 aliphatic carbocycles. The summed E-state index contributed by atoms with van der Waals surface area (Å²) in [5, 5.41) is 8.92. The molecule has 1 aromatic carbocycles. The highest BCUT2D eigenvalue weighted by Crippen LogP contribution is 2.44. The van der Waals surface area contributed by atoms with Gasteiger partial charge in [0.15, 0.2) is 0 Å². The standard InChI is InChI=1S/C21H26F3N5.2ClH/c22-21(23,24)16-4-2-5-17(13-16)28-11-9-27(10-12-28)8-7-19-25-26-20-18-6-1-3-15(18)14-29(19)20;;/h2,4-5,13,15,18H,1,3,6-12,14H2;2*1H. The zero-order valence-corrected chi connectivity index (χ0v) is 18.9. The molecule has 0 spiro atoms. The van der Waals surface area contributed by atoms with E-state index in [9.17, 15) is 13.2 Å². The number of anilines is 1. The highest BCUT2D eigenvalue weighted by atomic mass is 35.5. The lowest BCUT2D eigenvalue weighted by Crippen LogP contribution is -2.47. The Balaban J connectivity index is 0.00000136. The summed E-state index contributed by atoms with van der Waals surface area (Å²) in [5.41, 5.74) is 0.0733. The maximum Gasteiger partial charge on any atom is 0.416 e. The van der Waals surface area contributed by atoms with Crippen LogP contribution in [0.15, 0.2) is 24.3 Å². The number of piperazine rings is 1. The highest BCUT2D eigenvalue weighted by molar-refractivity contribution is 5.85. The van der Waals surface area contributed by atoms with Gasteiger partial charge in [0.1, 0.15) is 11.6 Å². The second kappa shape index (κ2) is 9.55. The lowest BCUT2D eigenvalue weighted by molar-refractivity contribution is -0.137. The summed E-state index contributed by atoms with van der Waals surface area (Å²) >= 11 is 0. The highest BCUT2D eigenvalue weighted by Gasteiger charge is 2.39. The lowest BCUT2D eigenvalue weighted by atomic mass is 10.00. The van der Waals surface area contributed by atoms with Crippen molar-refractivity contribution in [3.63, 3.8) is 0 Å². The first kappa shape index (κ1) is 24.1. The summed E-state index contributed by atoms with van der Waals surface area (Å²) in [6.45, 7) is 5.17. The van der Waals surface area contributed by atoms with Crippen LogP contribution in [-0.2, 0) is 19.1 Å². The number of fused-ring (bicyclic) bond motifs is 3. The van der Waals surface area contributed by atoms with Crippen molar-refractivity contribution in [3.05, 3.63) is 41.5 Å². The molecule has 2 atom stereocenters. The normalized spacial score (nSPS) is 23.1.